The van der Waals surface area contributed by atoms with Crippen molar-refractivity contribution in [2.24, 2.45) is 0 Å². The molecule has 0 radical (unpaired) electrons. The quantitative estimate of drug-likeness (QED) is 0.472. The second-order valence-electron chi connectivity index (χ2n) is 3.86. The van der Waals surface area contributed by atoms with Gasteiger partial charge in [-0.05, 0) is 12.5 Å². The maximum absolute atomic E-state index is 4.40. The van der Waals surface area contributed by atoms with Gasteiger partial charge in [0.2, 0.25) is 0 Å². The van der Waals surface area contributed by atoms with E-state index in [2.05, 4.69) is 55.4 Å². The monoisotopic (exact) mass is 457 g/mol. The van der Waals surface area contributed by atoms with Crippen LogP contribution >= 0.6 is 0 Å². The summed E-state index contributed by atoms with van der Waals surface area (Å²) < 4.78 is 0. The number of rotatable bonds is 1. The summed E-state index contributed by atoms with van der Waals surface area (Å²) in [6, 6.07) is 4.22. The fourth-order valence-electron chi connectivity index (χ4n) is 1.62. The second kappa shape index (κ2) is 10.7. The molecule has 0 aromatic carbocycles. The van der Waals surface area contributed by atoms with Crippen LogP contribution in [0.15, 0.2) is 29.1 Å². The van der Waals surface area contributed by atoms with Crippen molar-refractivity contribution in [2.75, 3.05) is 0 Å². The molecular formula is C14H16NPtS2-3. The third-order valence-corrected chi connectivity index (χ3v) is 2.91. The van der Waals surface area contributed by atoms with Gasteiger partial charge in [-0.15, -0.1) is 12.5 Å². The van der Waals surface area contributed by atoms with E-state index in [-0.39, 0.29) is 21.1 Å². The van der Waals surface area contributed by atoms with Gasteiger partial charge in [0.1, 0.15) is 0 Å². The number of hydrogen-bond donors (Lipinski definition) is 0. The summed E-state index contributed by atoms with van der Waals surface area (Å²) in [4.78, 5) is 4.40. The van der Waals surface area contributed by atoms with Crippen LogP contribution in [0.2, 0.25) is 0 Å². The van der Waals surface area contributed by atoms with Crippen molar-refractivity contribution in [2.45, 2.75) is 32.6 Å². The van der Waals surface area contributed by atoms with Crippen LogP contribution < -0.4 is 0 Å². The SMILES string of the molecule is Cc1ccc(C2=[C-]CCCC2)nc1.[Pt].[S-]/C=C\[S-]. The molecule has 18 heavy (non-hydrogen) atoms. The fourth-order valence-corrected chi connectivity index (χ4v) is 1.62. The molecule has 4 heteroatoms. The molecule has 2 rings (SSSR count). The summed E-state index contributed by atoms with van der Waals surface area (Å²) in [6.07, 6.45) is 10.2. The van der Waals surface area contributed by atoms with E-state index in [4.69, 9.17) is 0 Å². The smallest absolute Gasteiger partial charge is 0.00828 e. The van der Waals surface area contributed by atoms with Crippen LogP contribution in [-0.2, 0) is 46.3 Å². The summed E-state index contributed by atoms with van der Waals surface area (Å²) in [7, 11) is 0. The summed E-state index contributed by atoms with van der Waals surface area (Å²) in [5.74, 6) is 0. The molecule has 1 nitrogen and oxygen atoms in total. The van der Waals surface area contributed by atoms with E-state index in [0.29, 0.717) is 0 Å². The normalized spacial score (nSPS) is 14.2. The van der Waals surface area contributed by atoms with Crippen LogP contribution in [0.5, 0.6) is 0 Å². The number of pyridine rings is 1. The summed E-state index contributed by atoms with van der Waals surface area (Å²) in [6.45, 7) is 2.07. The van der Waals surface area contributed by atoms with Crippen LogP contribution in [0, 0.1) is 13.0 Å². The van der Waals surface area contributed by atoms with Crippen LogP contribution in [-0.4, -0.2) is 4.98 Å². The Balaban J connectivity index is 0.000000512. The first-order valence-corrected chi connectivity index (χ1v) is 6.64. The molecule has 1 aromatic rings. The second-order valence-corrected chi connectivity index (χ2v) is 4.40. The predicted octanol–water partition coefficient (Wildman–Crippen LogP) is 3.70. The van der Waals surface area contributed by atoms with Gasteiger partial charge in [-0.25, -0.2) is 10.8 Å². The van der Waals surface area contributed by atoms with Crippen molar-refractivity contribution >= 4 is 30.8 Å². The molecule has 0 bridgehead atoms. The average Bonchev–Trinajstić information content (AvgIpc) is 2.41. The zero-order valence-corrected chi connectivity index (χ0v) is 14.2. The summed E-state index contributed by atoms with van der Waals surface area (Å²) in [5, 5.41) is 2.80. The van der Waals surface area contributed by atoms with Crippen molar-refractivity contribution in [1.82, 2.24) is 4.98 Å². The molecular weight excluding hydrogens is 441 g/mol. The van der Waals surface area contributed by atoms with Gasteiger partial charge in [-0.2, -0.15) is 5.57 Å². The molecule has 102 valence electrons. The molecule has 0 spiro atoms. The Morgan fingerprint density at radius 2 is 1.94 bits per heavy atom. The van der Waals surface area contributed by atoms with Gasteiger partial charge in [-0.1, -0.05) is 31.0 Å². The summed E-state index contributed by atoms with van der Waals surface area (Å²) in [5.41, 5.74) is 3.65. The number of aromatic nitrogens is 1. The Kier molecular flexibility index (Phi) is 10.5. The van der Waals surface area contributed by atoms with E-state index in [1.807, 2.05) is 6.20 Å². The van der Waals surface area contributed by atoms with Crippen molar-refractivity contribution in [3.05, 3.63) is 46.5 Å². The third-order valence-electron chi connectivity index (χ3n) is 2.47. The van der Waals surface area contributed by atoms with Crippen molar-refractivity contribution < 1.29 is 21.1 Å². The van der Waals surface area contributed by atoms with E-state index < -0.39 is 0 Å². The van der Waals surface area contributed by atoms with Crippen molar-refractivity contribution in [3.8, 4) is 0 Å². The minimum Gasteiger partial charge on any atom is -0.789 e. The molecule has 0 N–H and O–H groups in total. The van der Waals surface area contributed by atoms with Crippen LogP contribution in [0.4, 0.5) is 0 Å². The van der Waals surface area contributed by atoms with E-state index in [1.165, 1.54) is 34.8 Å². The largest absolute Gasteiger partial charge is 0.789 e. The Bertz CT molecular complexity index is 381. The Morgan fingerprint density at radius 1 is 1.22 bits per heavy atom. The fraction of sp³-hybridized carbons (Fsp3) is 0.357. The van der Waals surface area contributed by atoms with Gasteiger partial charge in [0.05, 0.1) is 0 Å². The summed E-state index contributed by atoms with van der Waals surface area (Å²) >= 11 is 8.54. The van der Waals surface area contributed by atoms with Crippen LogP contribution in [0.25, 0.3) is 5.57 Å². The average molecular weight is 458 g/mol. The number of allylic oxidation sites excluding steroid dienone is 2. The standard InChI is InChI=1S/C12H14N.C2H4S2.Pt/c1-10-7-8-12(13-9-10)11-5-3-2-4-6-11;3-1-2-4;/h7-9H,2-5H2,1H3;1-4H;/q-1;;/p-2/b;2-1-;. The van der Waals surface area contributed by atoms with Crippen LogP contribution in [0.3, 0.4) is 0 Å². The first-order chi connectivity index (χ1) is 8.27. The molecule has 0 saturated carbocycles. The molecule has 0 saturated heterocycles. The van der Waals surface area contributed by atoms with E-state index in [0.717, 1.165) is 18.5 Å². The first-order valence-electron chi connectivity index (χ1n) is 5.69. The number of nitrogens with zero attached hydrogens (tertiary/aromatic N) is 1. The maximum Gasteiger partial charge on any atom is 0.00828 e. The van der Waals surface area contributed by atoms with E-state index in [1.54, 1.807) is 0 Å². The van der Waals surface area contributed by atoms with Crippen molar-refractivity contribution in [3.63, 3.8) is 0 Å². The molecule has 0 fully saturated rings. The third kappa shape index (κ3) is 6.63. The number of hydrogen-bond acceptors (Lipinski definition) is 3. The molecule has 1 aliphatic carbocycles. The molecule has 0 amide bonds. The first kappa shape index (κ1) is 17.8. The minimum absolute atomic E-state index is 0. The Labute approximate surface area is 135 Å². The van der Waals surface area contributed by atoms with Gasteiger partial charge >= 0.3 is 0 Å². The van der Waals surface area contributed by atoms with Gasteiger partial charge in [0.15, 0.2) is 0 Å². The molecule has 1 aliphatic rings. The van der Waals surface area contributed by atoms with Gasteiger partial charge in [-0.3, -0.25) is 6.08 Å². The Morgan fingerprint density at radius 3 is 2.39 bits per heavy atom. The minimum atomic E-state index is 0. The number of aryl methyl sites for hydroxylation is 1. The van der Waals surface area contributed by atoms with Gasteiger partial charge in [0.25, 0.3) is 0 Å². The molecule has 0 atom stereocenters. The molecule has 0 unspecified atom stereocenters. The van der Waals surface area contributed by atoms with Gasteiger partial charge in [0, 0.05) is 27.3 Å². The predicted molar refractivity (Wildman–Crippen MR) is 78.0 cm³/mol. The van der Waals surface area contributed by atoms with E-state index in [9.17, 15) is 0 Å². The zero-order valence-electron chi connectivity index (χ0n) is 10.3. The Hall–Kier alpha value is -0.242. The molecule has 1 heterocycles. The molecule has 1 aromatic heterocycles. The van der Waals surface area contributed by atoms with E-state index >= 15 is 0 Å². The molecule has 0 aliphatic heterocycles. The zero-order chi connectivity index (χ0) is 12.5. The topological polar surface area (TPSA) is 12.9 Å². The van der Waals surface area contributed by atoms with Gasteiger partial charge < -0.3 is 30.2 Å². The van der Waals surface area contributed by atoms with Crippen molar-refractivity contribution in [1.29, 1.82) is 0 Å². The van der Waals surface area contributed by atoms with Crippen LogP contribution in [0.1, 0.15) is 36.9 Å². The maximum atomic E-state index is 4.40.